The SMILES string of the molecule is CCS(=O)(=O)N1CCN(C(=O)c2cc3ccccc3s2)CC1. The number of benzene rings is 1. The normalized spacial score (nSPS) is 17.0. The van der Waals surface area contributed by atoms with E-state index < -0.39 is 10.0 Å². The second kappa shape index (κ2) is 5.98. The number of sulfonamides is 1. The van der Waals surface area contributed by atoms with Crippen LogP contribution in [0.3, 0.4) is 0 Å². The molecule has 1 saturated heterocycles. The van der Waals surface area contributed by atoms with Gasteiger partial charge in [-0.1, -0.05) is 18.2 Å². The summed E-state index contributed by atoms with van der Waals surface area (Å²) in [6.45, 7) is 3.31. The van der Waals surface area contributed by atoms with Gasteiger partial charge < -0.3 is 4.90 Å². The Morgan fingerprint density at radius 2 is 1.86 bits per heavy atom. The Labute approximate surface area is 134 Å². The third kappa shape index (κ3) is 2.88. The maximum absolute atomic E-state index is 12.6. The minimum Gasteiger partial charge on any atom is -0.335 e. The van der Waals surface area contributed by atoms with Gasteiger partial charge in [-0.2, -0.15) is 4.31 Å². The van der Waals surface area contributed by atoms with Crippen molar-refractivity contribution in [3.63, 3.8) is 0 Å². The van der Waals surface area contributed by atoms with Crippen LogP contribution in [-0.4, -0.2) is 55.5 Å². The number of thiophene rings is 1. The van der Waals surface area contributed by atoms with Gasteiger partial charge in [-0.25, -0.2) is 8.42 Å². The van der Waals surface area contributed by atoms with Crippen LogP contribution in [0.15, 0.2) is 30.3 Å². The summed E-state index contributed by atoms with van der Waals surface area (Å²) in [7, 11) is -3.16. The number of fused-ring (bicyclic) bond motifs is 1. The fourth-order valence-electron chi connectivity index (χ4n) is 2.60. The highest BCUT2D eigenvalue weighted by Gasteiger charge is 2.28. The van der Waals surface area contributed by atoms with Crippen molar-refractivity contribution in [2.24, 2.45) is 0 Å². The summed E-state index contributed by atoms with van der Waals surface area (Å²) in [5.41, 5.74) is 0. The number of piperazine rings is 1. The van der Waals surface area contributed by atoms with Gasteiger partial charge in [-0.3, -0.25) is 4.79 Å². The Balaban J connectivity index is 1.72. The molecule has 2 aromatic rings. The van der Waals surface area contributed by atoms with Gasteiger partial charge in [0.25, 0.3) is 5.91 Å². The molecule has 0 atom stereocenters. The van der Waals surface area contributed by atoms with Crippen molar-refractivity contribution in [1.29, 1.82) is 0 Å². The fraction of sp³-hybridized carbons (Fsp3) is 0.400. The molecule has 0 unspecified atom stereocenters. The monoisotopic (exact) mass is 338 g/mol. The molecule has 0 spiro atoms. The molecule has 0 N–H and O–H groups in total. The molecule has 7 heteroatoms. The zero-order valence-electron chi connectivity index (χ0n) is 12.4. The fourth-order valence-corrected chi connectivity index (χ4v) is 4.71. The third-order valence-electron chi connectivity index (χ3n) is 3.92. The molecule has 0 saturated carbocycles. The van der Waals surface area contributed by atoms with Crippen molar-refractivity contribution in [2.45, 2.75) is 6.92 Å². The maximum atomic E-state index is 12.6. The largest absolute Gasteiger partial charge is 0.335 e. The number of rotatable bonds is 3. The van der Waals surface area contributed by atoms with E-state index in [1.54, 1.807) is 11.8 Å². The molecule has 1 aromatic carbocycles. The lowest BCUT2D eigenvalue weighted by Crippen LogP contribution is -2.50. The van der Waals surface area contributed by atoms with E-state index in [1.165, 1.54) is 15.6 Å². The highest BCUT2D eigenvalue weighted by atomic mass is 32.2. The van der Waals surface area contributed by atoms with E-state index in [0.29, 0.717) is 31.1 Å². The third-order valence-corrected chi connectivity index (χ3v) is 6.91. The van der Waals surface area contributed by atoms with Crippen LogP contribution in [0.4, 0.5) is 0 Å². The summed E-state index contributed by atoms with van der Waals surface area (Å²) in [5.74, 6) is 0.104. The van der Waals surface area contributed by atoms with Crippen molar-refractivity contribution in [2.75, 3.05) is 31.9 Å². The van der Waals surface area contributed by atoms with Gasteiger partial charge >= 0.3 is 0 Å². The van der Waals surface area contributed by atoms with Crippen molar-refractivity contribution < 1.29 is 13.2 Å². The first kappa shape index (κ1) is 15.5. The van der Waals surface area contributed by atoms with E-state index in [4.69, 9.17) is 0 Å². The second-order valence-corrected chi connectivity index (χ2v) is 8.58. The van der Waals surface area contributed by atoms with Crippen LogP contribution in [0, 0.1) is 0 Å². The Morgan fingerprint density at radius 1 is 1.18 bits per heavy atom. The van der Waals surface area contributed by atoms with Gasteiger partial charge in [0.2, 0.25) is 10.0 Å². The summed E-state index contributed by atoms with van der Waals surface area (Å²) in [6.07, 6.45) is 0. The van der Waals surface area contributed by atoms with Crippen LogP contribution in [0.1, 0.15) is 16.6 Å². The van der Waals surface area contributed by atoms with Crippen LogP contribution in [0.5, 0.6) is 0 Å². The number of amides is 1. The zero-order valence-corrected chi connectivity index (χ0v) is 14.0. The lowest BCUT2D eigenvalue weighted by Gasteiger charge is -2.33. The lowest BCUT2D eigenvalue weighted by atomic mass is 10.2. The summed E-state index contributed by atoms with van der Waals surface area (Å²) < 4.78 is 26.3. The van der Waals surface area contributed by atoms with E-state index >= 15 is 0 Å². The Bertz CT molecular complexity index is 757. The average molecular weight is 338 g/mol. The van der Waals surface area contributed by atoms with Crippen LogP contribution in [0.25, 0.3) is 10.1 Å². The highest BCUT2D eigenvalue weighted by molar-refractivity contribution is 7.89. The Morgan fingerprint density at radius 3 is 2.50 bits per heavy atom. The first-order valence-corrected chi connectivity index (χ1v) is 9.69. The van der Waals surface area contributed by atoms with Crippen LogP contribution in [-0.2, 0) is 10.0 Å². The van der Waals surface area contributed by atoms with Crippen molar-refractivity contribution in [1.82, 2.24) is 9.21 Å². The first-order chi connectivity index (χ1) is 10.5. The van der Waals surface area contributed by atoms with Crippen LogP contribution >= 0.6 is 11.3 Å². The summed E-state index contributed by atoms with van der Waals surface area (Å²) in [5, 5.41) is 1.07. The first-order valence-electron chi connectivity index (χ1n) is 7.27. The van der Waals surface area contributed by atoms with Gasteiger partial charge in [-0.05, 0) is 24.4 Å². The topological polar surface area (TPSA) is 57.7 Å². The number of hydrogen-bond acceptors (Lipinski definition) is 4. The molecular formula is C15H18N2O3S2. The van der Waals surface area contributed by atoms with Gasteiger partial charge in [0.15, 0.2) is 0 Å². The molecule has 1 amide bonds. The molecule has 2 heterocycles. The molecule has 1 aliphatic heterocycles. The van der Waals surface area contributed by atoms with Crippen molar-refractivity contribution in [3.05, 3.63) is 35.2 Å². The maximum Gasteiger partial charge on any atom is 0.264 e. The van der Waals surface area contributed by atoms with Crippen molar-refractivity contribution in [3.8, 4) is 0 Å². The van der Waals surface area contributed by atoms with Crippen LogP contribution < -0.4 is 0 Å². The molecule has 118 valence electrons. The molecular weight excluding hydrogens is 320 g/mol. The smallest absolute Gasteiger partial charge is 0.264 e. The Kier molecular flexibility index (Phi) is 4.20. The summed E-state index contributed by atoms with van der Waals surface area (Å²) in [4.78, 5) is 15.0. The summed E-state index contributed by atoms with van der Waals surface area (Å²) >= 11 is 1.49. The van der Waals surface area contributed by atoms with Gasteiger partial charge in [0, 0.05) is 30.9 Å². The quantitative estimate of drug-likeness (QED) is 0.860. The number of carbonyl (C=O) groups excluding carboxylic acids is 1. The number of hydrogen-bond donors (Lipinski definition) is 0. The molecule has 5 nitrogen and oxygen atoms in total. The van der Waals surface area contributed by atoms with E-state index in [9.17, 15) is 13.2 Å². The van der Waals surface area contributed by atoms with Crippen molar-refractivity contribution >= 4 is 37.4 Å². The minimum absolute atomic E-state index is 0.00486. The van der Waals surface area contributed by atoms with E-state index in [0.717, 1.165) is 10.1 Å². The molecule has 1 aliphatic rings. The standard InChI is InChI=1S/C15H18N2O3S2/c1-2-22(19,20)17-9-7-16(8-10-17)15(18)14-11-12-5-3-4-6-13(12)21-14/h3-6,11H,2,7-10H2,1H3. The lowest BCUT2D eigenvalue weighted by molar-refractivity contribution is 0.0703. The minimum atomic E-state index is -3.16. The van der Waals surface area contributed by atoms with E-state index in [1.807, 2.05) is 30.3 Å². The van der Waals surface area contributed by atoms with Gasteiger partial charge in [-0.15, -0.1) is 11.3 Å². The Hall–Kier alpha value is -1.44. The van der Waals surface area contributed by atoms with E-state index in [-0.39, 0.29) is 11.7 Å². The number of nitrogens with zero attached hydrogens (tertiary/aromatic N) is 2. The van der Waals surface area contributed by atoms with Crippen LogP contribution in [0.2, 0.25) is 0 Å². The molecule has 0 radical (unpaired) electrons. The van der Waals surface area contributed by atoms with E-state index in [2.05, 4.69) is 0 Å². The molecule has 1 aromatic heterocycles. The predicted octanol–water partition coefficient (Wildman–Crippen LogP) is 2.01. The summed E-state index contributed by atoms with van der Waals surface area (Å²) in [6, 6.07) is 9.83. The van der Waals surface area contributed by atoms with Gasteiger partial charge in [0.1, 0.15) is 0 Å². The number of carbonyl (C=O) groups is 1. The second-order valence-electron chi connectivity index (χ2n) is 5.24. The average Bonchev–Trinajstić information content (AvgIpc) is 2.98. The predicted molar refractivity (Wildman–Crippen MR) is 88.8 cm³/mol. The molecule has 22 heavy (non-hydrogen) atoms. The molecule has 0 bridgehead atoms. The zero-order chi connectivity index (χ0) is 15.7. The molecule has 1 fully saturated rings. The highest BCUT2D eigenvalue weighted by Crippen LogP contribution is 2.26. The molecule has 3 rings (SSSR count). The molecule has 0 aliphatic carbocycles. The van der Waals surface area contributed by atoms with Gasteiger partial charge in [0.05, 0.1) is 10.6 Å².